The van der Waals surface area contributed by atoms with Crippen molar-refractivity contribution in [2.45, 2.75) is 50.5 Å². The van der Waals surface area contributed by atoms with Crippen LogP contribution in [-0.2, 0) is 17.3 Å². The van der Waals surface area contributed by atoms with Crippen molar-refractivity contribution in [2.75, 3.05) is 6.61 Å². The zero-order valence-electron chi connectivity index (χ0n) is 11.2. The molecule has 1 saturated heterocycles. The molecule has 2 rings (SSSR count). The van der Waals surface area contributed by atoms with Crippen molar-refractivity contribution in [3.8, 4) is 0 Å². The van der Waals surface area contributed by atoms with E-state index in [9.17, 15) is 18.3 Å². The lowest BCUT2D eigenvalue weighted by Gasteiger charge is -2.24. The van der Waals surface area contributed by atoms with E-state index >= 15 is 0 Å². The van der Waals surface area contributed by atoms with E-state index in [4.69, 9.17) is 4.74 Å². The van der Waals surface area contributed by atoms with Crippen molar-refractivity contribution in [1.29, 1.82) is 0 Å². The molecule has 1 aliphatic heterocycles. The number of rotatable bonds is 4. The summed E-state index contributed by atoms with van der Waals surface area (Å²) in [5.41, 5.74) is -0.167. The predicted octanol–water partition coefficient (Wildman–Crippen LogP) is 3.57. The highest BCUT2D eigenvalue weighted by atomic mass is 19.4. The van der Waals surface area contributed by atoms with Gasteiger partial charge in [0, 0.05) is 6.61 Å². The minimum atomic E-state index is -4.34. The topological polar surface area (TPSA) is 29.5 Å². The fourth-order valence-corrected chi connectivity index (χ4v) is 2.53. The van der Waals surface area contributed by atoms with E-state index in [1.54, 1.807) is 6.07 Å². The minimum absolute atomic E-state index is 0.0320. The van der Waals surface area contributed by atoms with E-state index in [2.05, 4.69) is 0 Å². The smallest absolute Gasteiger partial charge is 0.393 e. The SMILES string of the molecule is OC(Cc1cccc(C(F)(F)F)c1)CC1CCCCO1. The van der Waals surface area contributed by atoms with Crippen LogP contribution < -0.4 is 0 Å². The lowest BCUT2D eigenvalue weighted by molar-refractivity contribution is -0.137. The second-order valence-electron chi connectivity index (χ2n) is 5.28. The maximum absolute atomic E-state index is 12.6. The first kappa shape index (κ1) is 15.3. The van der Waals surface area contributed by atoms with Crippen LogP contribution >= 0.6 is 0 Å². The summed E-state index contributed by atoms with van der Waals surface area (Å²) < 4.78 is 43.3. The first-order valence-electron chi connectivity index (χ1n) is 6.91. The van der Waals surface area contributed by atoms with Crippen molar-refractivity contribution in [1.82, 2.24) is 0 Å². The van der Waals surface area contributed by atoms with E-state index in [-0.39, 0.29) is 12.5 Å². The summed E-state index contributed by atoms with van der Waals surface area (Å²) in [4.78, 5) is 0. The molecule has 0 aliphatic carbocycles. The van der Waals surface area contributed by atoms with Crippen LogP contribution in [0.5, 0.6) is 0 Å². The van der Waals surface area contributed by atoms with Crippen LogP contribution in [0.4, 0.5) is 13.2 Å². The molecule has 20 heavy (non-hydrogen) atoms. The number of hydrogen-bond donors (Lipinski definition) is 1. The Bertz CT molecular complexity index is 425. The van der Waals surface area contributed by atoms with Gasteiger partial charge in [0.05, 0.1) is 17.8 Å². The van der Waals surface area contributed by atoms with Crippen molar-refractivity contribution in [3.63, 3.8) is 0 Å². The quantitative estimate of drug-likeness (QED) is 0.918. The Morgan fingerprint density at radius 2 is 2.10 bits per heavy atom. The average Bonchev–Trinajstić information content (AvgIpc) is 2.39. The van der Waals surface area contributed by atoms with Crippen LogP contribution in [0.2, 0.25) is 0 Å². The molecule has 1 aromatic carbocycles. The predicted molar refractivity (Wildman–Crippen MR) is 69.4 cm³/mol. The second-order valence-corrected chi connectivity index (χ2v) is 5.28. The normalized spacial score (nSPS) is 21.7. The maximum Gasteiger partial charge on any atom is 0.416 e. The number of halogens is 3. The third-order valence-corrected chi connectivity index (χ3v) is 3.53. The molecule has 1 heterocycles. The molecule has 1 N–H and O–H groups in total. The zero-order chi connectivity index (χ0) is 14.6. The van der Waals surface area contributed by atoms with Crippen molar-refractivity contribution in [2.24, 2.45) is 0 Å². The maximum atomic E-state index is 12.6. The van der Waals surface area contributed by atoms with Gasteiger partial charge in [0.15, 0.2) is 0 Å². The molecule has 2 unspecified atom stereocenters. The lowest BCUT2D eigenvalue weighted by atomic mass is 9.98. The molecular formula is C15H19F3O2. The minimum Gasteiger partial charge on any atom is -0.393 e. The standard InChI is InChI=1S/C15H19F3O2/c16-15(17,18)12-5-3-4-11(8-12)9-13(19)10-14-6-1-2-7-20-14/h3-5,8,13-14,19H,1-2,6-7,9-10H2. The number of aliphatic hydroxyl groups excluding tert-OH is 1. The number of aliphatic hydroxyl groups is 1. The Morgan fingerprint density at radius 1 is 1.30 bits per heavy atom. The van der Waals surface area contributed by atoms with Gasteiger partial charge in [-0.1, -0.05) is 18.2 Å². The number of ether oxygens (including phenoxy) is 1. The molecule has 1 aliphatic rings. The summed E-state index contributed by atoms with van der Waals surface area (Å²) in [6.07, 6.45) is -1.22. The van der Waals surface area contributed by atoms with Crippen molar-refractivity contribution < 1.29 is 23.0 Å². The van der Waals surface area contributed by atoms with Crippen LogP contribution in [0.25, 0.3) is 0 Å². The summed E-state index contributed by atoms with van der Waals surface area (Å²) in [7, 11) is 0. The van der Waals surface area contributed by atoms with E-state index in [0.717, 1.165) is 31.4 Å². The van der Waals surface area contributed by atoms with Gasteiger partial charge >= 0.3 is 6.18 Å². The highest BCUT2D eigenvalue weighted by molar-refractivity contribution is 5.26. The molecular weight excluding hydrogens is 269 g/mol. The van der Waals surface area contributed by atoms with Crippen molar-refractivity contribution >= 4 is 0 Å². The summed E-state index contributed by atoms with van der Waals surface area (Å²) >= 11 is 0. The van der Waals surface area contributed by atoms with E-state index in [0.29, 0.717) is 18.6 Å². The third-order valence-electron chi connectivity index (χ3n) is 3.53. The molecule has 0 bridgehead atoms. The van der Waals surface area contributed by atoms with Gasteiger partial charge in [0.2, 0.25) is 0 Å². The summed E-state index contributed by atoms with van der Waals surface area (Å²) in [6.45, 7) is 0.709. The summed E-state index contributed by atoms with van der Waals surface area (Å²) in [5, 5.41) is 9.99. The number of hydrogen-bond acceptors (Lipinski definition) is 2. The Labute approximate surface area is 116 Å². The van der Waals surface area contributed by atoms with Crippen LogP contribution in [0.1, 0.15) is 36.8 Å². The van der Waals surface area contributed by atoms with Crippen LogP contribution in [0.15, 0.2) is 24.3 Å². The molecule has 0 saturated carbocycles. The van der Waals surface area contributed by atoms with Gasteiger partial charge in [0.1, 0.15) is 0 Å². The second kappa shape index (κ2) is 6.59. The fourth-order valence-electron chi connectivity index (χ4n) is 2.53. The van der Waals surface area contributed by atoms with E-state index < -0.39 is 17.8 Å². The lowest BCUT2D eigenvalue weighted by Crippen LogP contribution is -2.25. The average molecular weight is 288 g/mol. The fraction of sp³-hybridized carbons (Fsp3) is 0.600. The molecule has 5 heteroatoms. The summed E-state index contributed by atoms with van der Waals surface area (Å²) in [6, 6.07) is 5.13. The zero-order valence-corrected chi connectivity index (χ0v) is 11.2. The van der Waals surface area contributed by atoms with Crippen LogP contribution in [0, 0.1) is 0 Å². The molecule has 1 fully saturated rings. The van der Waals surface area contributed by atoms with Crippen LogP contribution in [0.3, 0.4) is 0 Å². The van der Waals surface area contributed by atoms with Crippen LogP contribution in [-0.4, -0.2) is 23.9 Å². The van der Waals surface area contributed by atoms with Crippen molar-refractivity contribution in [3.05, 3.63) is 35.4 Å². The molecule has 0 amide bonds. The van der Waals surface area contributed by atoms with Gasteiger partial charge in [0.25, 0.3) is 0 Å². The van der Waals surface area contributed by atoms with Gasteiger partial charge < -0.3 is 9.84 Å². The summed E-state index contributed by atoms with van der Waals surface area (Å²) in [5.74, 6) is 0. The molecule has 112 valence electrons. The first-order valence-corrected chi connectivity index (χ1v) is 6.91. The molecule has 1 aromatic rings. The molecule has 2 nitrogen and oxygen atoms in total. The number of benzene rings is 1. The highest BCUT2D eigenvalue weighted by Gasteiger charge is 2.30. The third kappa shape index (κ3) is 4.49. The molecule has 2 atom stereocenters. The number of alkyl halides is 3. The van der Waals surface area contributed by atoms with Gasteiger partial charge in [-0.05, 0) is 43.7 Å². The first-order chi connectivity index (χ1) is 9.45. The van der Waals surface area contributed by atoms with Gasteiger partial charge in [-0.2, -0.15) is 13.2 Å². The largest absolute Gasteiger partial charge is 0.416 e. The Hall–Kier alpha value is -1.07. The highest BCUT2D eigenvalue weighted by Crippen LogP contribution is 2.30. The Kier molecular flexibility index (Phi) is 5.05. The van der Waals surface area contributed by atoms with E-state index in [1.807, 2.05) is 0 Å². The molecule has 0 radical (unpaired) electrons. The van der Waals surface area contributed by atoms with Gasteiger partial charge in [-0.15, -0.1) is 0 Å². The van der Waals surface area contributed by atoms with Gasteiger partial charge in [-0.3, -0.25) is 0 Å². The Balaban J connectivity index is 1.92. The Morgan fingerprint density at radius 3 is 2.75 bits per heavy atom. The van der Waals surface area contributed by atoms with Gasteiger partial charge in [-0.25, -0.2) is 0 Å². The monoisotopic (exact) mass is 288 g/mol. The molecule has 0 aromatic heterocycles. The molecule has 0 spiro atoms. The van der Waals surface area contributed by atoms with E-state index in [1.165, 1.54) is 6.07 Å².